The lowest BCUT2D eigenvalue weighted by atomic mass is 9.85. The molecule has 2 heterocycles. The molecule has 4 heteroatoms. The standard InChI is InChI=1S/C14H23N3O/c1-3-14(2,17-7-5-4-6-8-17)13(18)12-9-15-11-16-10-12/h9-11,13,18H,3-8H2,1-2H3. The maximum Gasteiger partial charge on any atom is 0.115 e. The number of hydrogen-bond donors (Lipinski definition) is 1. The molecule has 0 bridgehead atoms. The van der Waals surface area contributed by atoms with Crippen molar-refractivity contribution in [3.8, 4) is 0 Å². The Bertz CT molecular complexity index is 365. The summed E-state index contributed by atoms with van der Waals surface area (Å²) in [5.74, 6) is 0. The highest BCUT2D eigenvalue weighted by atomic mass is 16.3. The van der Waals surface area contributed by atoms with Crippen molar-refractivity contribution in [1.82, 2.24) is 14.9 Å². The Labute approximate surface area is 109 Å². The summed E-state index contributed by atoms with van der Waals surface area (Å²) in [5.41, 5.74) is 0.595. The molecular formula is C14H23N3O. The number of aliphatic hydroxyl groups excluding tert-OH is 1. The molecule has 1 fully saturated rings. The fourth-order valence-electron chi connectivity index (χ4n) is 2.81. The number of piperidine rings is 1. The van der Waals surface area contributed by atoms with Crippen molar-refractivity contribution in [3.63, 3.8) is 0 Å². The van der Waals surface area contributed by atoms with E-state index in [1.807, 2.05) is 0 Å². The van der Waals surface area contributed by atoms with E-state index in [2.05, 4.69) is 28.7 Å². The van der Waals surface area contributed by atoms with E-state index >= 15 is 0 Å². The van der Waals surface area contributed by atoms with E-state index in [9.17, 15) is 5.11 Å². The van der Waals surface area contributed by atoms with Gasteiger partial charge in [-0.15, -0.1) is 0 Å². The van der Waals surface area contributed by atoms with Gasteiger partial charge in [-0.25, -0.2) is 9.97 Å². The third-order valence-electron chi connectivity index (χ3n) is 4.28. The molecule has 1 aromatic rings. The molecule has 1 aromatic heterocycles. The summed E-state index contributed by atoms with van der Waals surface area (Å²) in [6.45, 7) is 6.45. The predicted octanol–water partition coefficient (Wildman–Crippen LogP) is 2.16. The normalized spacial score (nSPS) is 22.4. The summed E-state index contributed by atoms with van der Waals surface area (Å²) in [7, 11) is 0. The molecule has 1 aliphatic heterocycles. The van der Waals surface area contributed by atoms with E-state index in [-0.39, 0.29) is 5.54 Å². The molecular weight excluding hydrogens is 226 g/mol. The Kier molecular flexibility index (Phi) is 4.30. The first-order chi connectivity index (χ1) is 8.68. The summed E-state index contributed by atoms with van der Waals surface area (Å²) in [5, 5.41) is 10.7. The van der Waals surface area contributed by atoms with E-state index in [0.717, 1.165) is 25.1 Å². The van der Waals surface area contributed by atoms with Crippen LogP contribution in [-0.4, -0.2) is 38.6 Å². The highest BCUT2D eigenvalue weighted by Crippen LogP contribution is 2.35. The van der Waals surface area contributed by atoms with Crippen LogP contribution in [0.5, 0.6) is 0 Å². The smallest absolute Gasteiger partial charge is 0.115 e. The maximum absolute atomic E-state index is 10.7. The van der Waals surface area contributed by atoms with Gasteiger partial charge in [0.2, 0.25) is 0 Å². The second-order valence-electron chi connectivity index (χ2n) is 5.33. The first-order valence-corrected chi connectivity index (χ1v) is 6.86. The van der Waals surface area contributed by atoms with Crippen molar-refractivity contribution in [3.05, 3.63) is 24.3 Å². The third-order valence-corrected chi connectivity index (χ3v) is 4.28. The van der Waals surface area contributed by atoms with Gasteiger partial charge in [-0.3, -0.25) is 4.90 Å². The molecule has 1 N–H and O–H groups in total. The summed E-state index contributed by atoms with van der Waals surface area (Å²) >= 11 is 0. The van der Waals surface area contributed by atoms with Gasteiger partial charge < -0.3 is 5.11 Å². The first kappa shape index (κ1) is 13.4. The van der Waals surface area contributed by atoms with Crippen molar-refractivity contribution in [2.75, 3.05) is 13.1 Å². The monoisotopic (exact) mass is 249 g/mol. The lowest BCUT2D eigenvalue weighted by Crippen LogP contribution is -2.52. The fourth-order valence-corrected chi connectivity index (χ4v) is 2.81. The summed E-state index contributed by atoms with van der Waals surface area (Å²) in [6.07, 6.45) is 9.10. The first-order valence-electron chi connectivity index (χ1n) is 6.86. The predicted molar refractivity (Wildman–Crippen MR) is 71.1 cm³/mol. The molecule has 0 spiro atoms. The Hall–Kier alpha value is -1.00. The topological polar surface area (TPSA) is 49.3 Å². The van der Waals surface area contributed by atoms with Gasteiger partial charge in [0, 0.05) is 23.5 Å². The molecule has 0 saturated carbocycles. The molecule has 0 radical (unpaired) electrons. The van der Waals surface area contributed by atoms with Crippen LogP contribution >= 0.6 is 0 Å². The van der Waals surface area contributed by atoms with Gasteiger partial charge in [0.15, 0.2) is 0 Å². The zero-order valence-electron chi connectivity index (χ0n) is 11.3. The number of rotatable bonds is 4. The zero-order chi connectivity index (χ0) is 13.0. The van der Waals surface area contributed by atoms with E-state index in [4.69, 9.17) is 0 Å². The third kappa shape index (κ3) is 2.54. The molecule has 1 aliphatic rings. The second kappa shape index (κ2) is 5.76. The van der Waals surface area contributed by atoms with Crippen LogP contribution in [0.3, 0.4) is 0 Å². The molecule has 0 aliphatic carbocycles. The molecule has 0 aromatic carbocycles. The van der Waals surface area contributed by atoms with Crippen molar-refractivity contribution >= 4 is 0 Å². The summed E-state index contributed by atoms with van der Waals surface area (Å²) < 4.78 is 0. The molecule has 2 atom stereocenters. The Morgan fingerprint density at radius 1 is 1.28 bits per heavy atom. The van der Waals surface area contributed by atoms with E-state index in [0.29, 0.717) is 0 Å². The lowest BCUT2D eigenvalue weighted by Gasteiger charge is -2.46. The average molecular weight is 249 g/mol. The Balaban J connectivity index is 2.20. The SMILES string of the molecule is CCC(C)(C(O)c1cncnc1)N1CCCCC1. The number of nitrogens with zero attached hydrogens (tertiary/aromatic N) is 3. The van der Waals surface area contributed by atoms with E-state index in [1.54, 1.807) is 12.4 Å². The Morgan fingerprint density at radius 3 is 2.44 bits per heavy atom. The quantitative estimate of drug-likeness (QED) is 0.888. The van der Waals surface area contributed by atoms with Crippen LogP contribution < -0.4 is 0 Å². The minimum absolute atomic E-state index is 0.217. The van der Waals surface area contributed by atoms with Gasteiger partial charge in [-0.2, -0.15) is 0 Å². The van der Waals surface area contributed by atoms with Gasteiger partial charge >= 0.3 is 0 Å². The average Bonchev–Trinajstić information content (AvgIpc) is 2.47. The van der Waals surface area contributed by atoms with Crippen LogP contribution in [0.2, 0.25) is 0 Å². The fraction of sp³-hybridized carbons (Fsp3) is 0.714. The van der Waals surface area contributed by atoms with Crippen LogP contribution in [0.4, 0.5) is 0 Å². The van der Waals surface area contributed by atoms with Crippen molar-refractivity contribution in [2.24, 2.45) is 0 Å². The molecule has 0 amide bonds. The largest absolute Gasteiger partial charge is 0.386 e. The number of aliphatic hydroxyl groups is 1. The van der Waals surface area contributed by atoms with Crippen LogP contribution in [0.1, 0.15) is 51.2 Å². The summed E-state index contributed by atoms with van der Waals surface area (Å²) in [6, 6.07) is 0. The van der Waals surface area contributed by atoms with Crippen molar-refractivity contribution in [1.29, 1.82) is 0 Å². The van der Waals surface area contributed by atoms with Crippen LogP contribution in [0.25, 0.3) is 0 Å². The van der Waals surface area contributed by atoms with Gasteiger partial charge in [-0.05, 0) is 39.3 Å². The molecule has 1 saturated heterocycles. The maximum atomic E-state index is 10.7. The molecule has 4 nitrogen and oxygen atoms in total. The van der Waals surface area contributed by atoms with Gasteiger partial charge in [0.1, 0.15) is 12.4 Å². The minimum Gasteiger partial charge on any atom is -0.386 e. The summed E-state index contributed by atoms with van der Waals surface area (Å²) in [4.78, 5) is 10.4. The van der Waals surface area contributed by atoms with E-state index < -0.39 is 6.10 Å². The number of hydrogen-bond acceptors (Lipinski definition) is 4. The molecule has 2 unspecified atom stereocenters. The van der Waals surface area contributed by atoms with Gasteiger partial charge in [0.25, 0.3) is 0 Å². The number of likely N-dealkylation sites (tertiary alicyclic amines) is 1. The van der Waals surface area contributed by atoms with Crippen LogP contribution in [-0.2, 0) is 0 Å². The lowest BCUT2D eigenvalue weighted by molar-refractivity contribution is -0.0355. The molecule has 18 heavy (non-hydrogen) atoms. The van der Waals surface area contributed by atoms with Gasteiger partial charge in [-0.1, -0.05) is 13.3 Å². The second-order valence-corrected chi connectivity index (χ2v) is 5.33. The molecule has 100 valence electrons. The molecule has 2 rings (SSSR count). The highest BCUT2D eigenvalue weighted by molar-refractivity contribution is 5.13. The van der Waals surface area contributed by atoms with Gasteiger partial charge in [0.05, 0.1) is 0 Å². The number of aromatic nitrogens is 2. The van der Waals surface area contributed by atoms with Crippen molar-refractivity contribution < 1.29 is 5.11 Å². The van der Waals surface area contributed by atoms with Crippen LogP contribution in [0, 0.1) is 0 Å². The minimum atomic E-state index is -0.526. The highest BCUT2D eigenvalue weighted by Gasteiger charge is 2.38. The Morgan fingerprint density at radius 2 is 1.89 bits per heavy atom. The van der Waals surface area contributed by atoms with Crippen molar-refractivity contribution in [2.45, 2.75) is 51.2 Å². The van der Waals surface area contributed by atoms with E-state index in [1.165, 1.54) is 25.6 Å². The van der Waals surface area contributed by atoms with Crippen LogP contribution in [0.15, 0.2) is 18.7 Å². The zero-order valence-corrected chi connectivity index (χ0v) is 11.3.